The number of rotatable bonds is 7. The second kappa shape index (κ2) is 6.79. The molecule has 0 aliphatic carbocycles. The Bertz CT molecular complexity index is 686. The minimum Gasteiger partial charge on any atom is -0.347 e. The van der Waals surface area contributed by atoms with Crippen LogP contribution in [0.2, 0.25) is 0 Å². The maximum absolute atomic E-state index is 13.6. The van der Waals surface area contributed by atoms with E-state index in [0.29, 0.717) is 17.8 Å². The third kappa shape index (κ3) is 4.10. The van der Waals surface area contributed by atoms with Crippen molar-refractivity contribution < 1.29 is 12.8 Å². The summed E-state index contributed by atoms with van der Waals surface area (Å²) < 4.78 is 40.4. The van der Waals surface area contributed by atoms with Crippen molar-refractivity contribution in [1.82, 2.24) is 20.0 Å². The molecule has 114 valence electrons. The van der Waals surface area contributed by atoms with Crippen LogP contribution in [0.5, 0.6) is 0 Å². The second-order valence-corrected chi connectivity index (χ2v) is 6.20. The summed E-state index contributed by atoms with van der Waals surface area (Å²) in [5.74, 6) is -0.427. The van der Waals surface area contributed by atoms with Gasteiger partial charge in [0.15, 0.2) is 0 Å². The molecule has 0 saturated heterocycles. The number of nitrogens with zero attached hydrogens (tertiary/aromatic N) is 1. The Morgan fingerprint density at radius 2 is 2.14 bits per heavy atom. The highest BCUT2D eigenvalue weighted by atomic mass is 32.2. The molecule has 1 heterocycles. The fraction of sp³-hybridized carbons (Fsp3) is 0.308. The maximum atomic E-state index is 13.6. The Morgan fingerprint density at radius 1 is 1.33 bits per heavy atom. The van der Waals surface area contributed by atoms with Gasteiger partial charge in [-0.3, -0.25) is 0 Å². The van der Waals surface area contributed by atoms with Gasteiger partial charge in [0.2, 0.25) is 10.0 Å². The molecule has 1 aromatic heterocycles. The van der Waals surface area contributed by atoms with Gasteiger partial charge in [-0.25, -0.2) is 22.5 Å². The molecule has 0 atom stereocenters. The summed E-state index contributed by atoms with van der Waals surface area (Å²) in [7, 11) is -3.69. The molecular formula is C13H17FN4O2S. The molecule has 0 aliphatic rings. The number of nitrogens with one attached hydrogen (secondary N) is 3. The van der Waals surface area contributed by atoms with Gasteiger partial charge >= 0.3 is 0 Å². The highest BCUT2D eigenvalue weighted by molar-refractivity contribution is 7.89. The van der Waals surface area contributed by atoms with E-state index in [0.717, 1.165) is 6.07 Å². The van der Waals surface area contributed by atoms with Gasteiger partial charge in [-0.1, -0.05) is 6.92 Å². The number of imidazole rings is 1. The maximum Gasteiger partial charge on any atom is 0.240 e. The molecule has 3 N–H and O–H groups in total. The van der Waals surface area contributed by atoms with E-state index in [1.807, 2.05) is 6.92 Å². The van der Waals surface area contributed by atoms with Crippen LogP contribution in [0.1, 0.15) is 18.2 Å². The van der Waals surface area contributed by atoms with E-state index in [2.05, 4.69) is 20.0 Å². The van der Waals surface area contributed by atoms with Crippen LogP contribution in [0.25, 0.3) is 0 Å². The van der Waals surface area contributed by atoms with Gasteiger partial charge in [0.05, 0.1) is 17.8 Å². The van der Waals surface area contributed by atoms with Crippen molar-refractivity contribution in [2.45, 2.75) is 24.9 Å². The smallest absolute Gasteiger partial charge is 0.240 e. The van der Waals surface area contributed by atoms with Crippen molar-refractivity contribution in [1.29, 1.82) is 0 Å². The lowest BCUT2D eigenvalue weighted by atomic mass is 10.2. The fourth-order valence-electron chi connectivity index (χ4n) is 1.75. The molecule has 21 heavy (non-hydrogen) atoms. The van der Waals surface area contributed by atoms with Crippen molar-refractivity contribution in [2.75, 3.05) is 6.54 Å². The van der Waals surface area contributed by atoms with E-state index >= 15 is 0 Å². The topological polar surface area (TPSA) is 86.9 Å². The normalized spacial score (nSPS) is 11.7. The zero-order valence-corrected chi connectivity index (χ0v) is 12.4. The molecule has 8 heteroatoms. The van der Waals surface area contributed by atoms with E-state index in [1.165, 1.54) is 24.7 Å². The third-order valence-corrected chi connectivity index (χ3v) is 4.30. The van der Waals surface area contributed by atoms with Crippen molar-refractivity contribution in [3.63, 3.8) is 0 Å². The Labute approximate surface area is 122 Å². The number of hydrogen-bond acceptors (Lipinski definition) is 4. The SMILES string of the molecule is CCNCc1cc(S(=O)(=O)NCc2cnc[nH]2)ccc1F. The summed E-state index contributed by atoms with van der Waals surface area (Å²) in [6.45, 7) is 2.95. The first kappa shape index (κ1) is 15.6. The molecule has 0 fully saturated rings. The quantitative estimate of drug-likeness (QED) is 0.715. The molecule has 0 amide bonds. The molecule has 1 aromatic carbocycles. The predicted molar refractivity (Wildman–Crippen MR) is 76.4 cm³/mol. The van der Waals surface area contributed by atoms with E-state index in [9.17, 15) is 12.8 Å². The van der Waals surface area contributed by atoms with Gasteiger partial charge in [0, 0.05) is 24.0 Å². The summed E-state index contributed by atoms with van der Waals surface area (Å²) in [5, 5.41) is 2.97. The predicted octanol–water partition coefficient (Wildman–Crippen LogP) is 1.14. The van der Waals surface area contributed by atoms with Gasteiger partial charge < -0.3 is 10.3 Å². The van der Waals surface area contributed by atoms with Gasteiger partial charge in [0.1, 0.15) is 5.82 Å². The van der Waals surface area contributed by atoms with Crippen LogP contribution in [0.3, 0.4) is 0 Å². The molecule has 6 nitrogen and oxygen atoms in total. The Kier molecular flexibility index (Phi) is 5.05. The molecule has 0 saturated carbocycles. The van der Waals surface area contributed by atoms with Crippen LogP contribution in [-0.2, 0) is 23.1 Å². The van der Waals surface area contributed by atoms with E-state index < -0.39 is 15.8 Å². The number of halogens is 1. The lowest BCUT2D eigenvalue weighted by Gasteiger charge is -2.09. The number of hydrogen-bond donors (Lipinski definition) is 3. The summed E-state index contributed by atoms with van der Waals surface area (Å²) in [5.41, 5.74) is 0.967. The lowest BCUT2D eigenvalue weighted by Crippen LogP contribution is -2.24. The van der Waals surface area contributed by atoms with Crippen LogP contribution in [0.4, 0.5) is 4.39 Å². The van der Waals surface area contributed by atoms with Crippen molar-refractivity contribution in [3.8, 4) is 0 Å². The summed E-state index contributed by atoms with van der Waals surface area (Å²) in [6.07, 6.45) is 3.00. The van der Waals surface area contributed by atoms with Gasteiger partial charge in [-0.15, -0.1) is 0 Å². The number of benzene rings is 1. The second-order valence-electron chi connectivity index (χ2n) is 4.43. The molecule has 0 aliphatic heterocycles. The van der Waals surface area contributed by atoms with Gasteiger partial charge in [0.25, 0.3) is 0 Å². The monoisotopic (exact) mass is 312 g/mol. The van der Waals surface area contributed by atoms with Crippen LogP contribution in [0, 0.1) is 5.82 Å². The van der Waals surface area contributed by atoms with Crippen LogP contribution in [-0.4, -0.2) is 24.9 Å². The third-order valence-electron chi connectivity index (χ3n) is 2.90. The molecule has 2 rings (SSSR count). The zero-order chi connectivity index (χ0) is 15.3. The first-order valence-electron chi connectivity index (χ1n) is 6.49. The average molecular weight is 312 g/mol. The number of aromatic nitrogens is 2. The Balaban J connectivity index is 2.15. The van der Waals surface area contributed by atoms with E-state index in [4.69, 9.17) is 0 Å². The van der Waals surface area contributed by atoms with E-state index in [-0.39, 0.29) is 18.0 Å². The van der Waals surface area contributed by atoms with Crippen molar-refractivity contribution >= 4 is 10.0 Å². The molecule has 0 spiro atoms. The molecular weight excluding hydrogens is 295 g/mol. The van der Waals surface area contributed by atoms with Crippen LogP contribution >= 0.6 is 0 Å². The van der Waals surface area contributed by atoms with Crippen molar-refractivity contribution in [2.24, 2.45) is 0 Å². The minimum atomic E-state index is -3.69. The number of aromatic amines is 1. The summed E-state index contributed by atoms with van der Waals surface area (Å²) >= 11 is 0. The van der Waals surface area contributed by atoms with Crippen molar-refractivity contribution in [3.05, 3.63) is 47.8 Å². The van der Waals surface area contributed by atoms with Gasteiger partial charge in [-0.05, 0) is 24.7 Å². The van der Waals surface area contributed by atoms with Crippen LogP contribution < -0.4 is 10.0 Å². The largest absolute Gasteiger partial charge is 0.347 e. The number of H-pyrrole nitrogens is 1. The summed E-state index contributed by atoms with van der Waals surface area (Å²) in [6, 6.07) is 3.75. The number of sulfonamides is 1. The highest BCUT2D eigenvalue weighted by Gasteiger charge is 2.16. The summed E-state index contributed by atoms with van der Waals surface area (Å²) in [4.78, 5) is 6.65. The van der Waals surface area contributed by atoms with Gasteiger partial charge in [-0.2, -0.15) is 0 Å². The Morgan fingerprint density at radius 3 is 2.81 bits per heavy atom. The average Bonchev–Trinajstić information content (AvgIpc) is 2.97. The first-order valence-corrected chi connectivity index (χ1v) is 7.97. The Hall–Kier alpha value is -1.77. The lowest BCUT2D eigenvalue weighted by molar-refractivity contribution is 0.575. The van der Waals surface area contributed by atoms with Crippen LogP contribution in [0.15, 0.2) is 35.6 Å². The standard InChI is InChI=1S/C13H17FN4O2S/c1-2-15-6-10-5-12(3-4-13(10)14)21(19,20)18-8-11-7-16-9-17-11/h3-5,7,9,15,18H,2,6,8H2,1H3,(H,16,17). The zero-order valence-electron chi connectivity index (χ0n) is 11.6. The fourth-order valence-corrected chi connectivity index (χ4v) is 2.81. The molecule has 2 aromatic rings. The van der Waals surface area contributed by atoms with E-state index in [1.54, 1.807) is 0 Å². The first-order chi connectivity index (χ1) is 10.0. The molecule has 0 radical (unpaired) electrons. The minimum absolute atomic E-state index is 0.0383. The highest BCUT2D eigenvalue weighted by Crippen LogP contribution is 2.15. The molecule has 0 unspecified atom stereocenters. The molecule has 0 bridgehead atoms.